The molecule has 0 aliphatic carbocycles. The number of amidine groups is 1. The van der Waals surface area contributed by atoms with Gasteiger partial charge in [-0.05, 0) is 35.9 Å². The Bertz CT molecular complexity index is 617. The van der Waals surface area contributed by atoms with Gasteiger partial charge in [0.1, 0.15) is 23.2 Å². The zero-order valence-corrected chi connectivity index (χ0v) is 10.7. The number of halogens is 2. The van der Waals surface area contributed by atoms with Crippen molar-refractivity contribution in [3.8, 4) is 0 Å². The monoisotopic (exact) mass is 279 g/mol. The number of hydrogen-bond donors (Lipinski definition) is 2. The minimum Gasteiger partial charge on any atom is -0.382 e. The molecule has 1 heterocycles. The van der Waals surface area contributed by atoms with Gasteiger partial charge >= 0.3 is 0 Å². The summed E-state index contributed by atoms with van der Waals surface area (Å²) in [5.41, 5.74) is 6.55. The number of nitrogens with zero attached hydrogens (tertiary/aromatic N) is 1. The lowest BCUT2D eigenvalue weighted by Crippen LogP contribution is -2.13. The van der Waals surface area contributed by atoms with Crippen LogP contribution in [0.4, 0.5) is 8.78 Å². The number of nitrogens with one attached hydrogen (secondary N) is 1. The van der Waals surface area contributed by atoms with Gasteiger partial charge in [0.2, 0.25) is 0 Å². The van der Waals surface area contributed by atoms with E-state index in [0.29, 0.717) is 11.4 Å². The van der Waals surface area contributed by atoms with E-state index in [1.165, 1.54) is 18.0 Å². The van der Waals surface area contributed by atoms with Crippen LogP contribution in [0.2, 0.25) is 0 Å². The second-order valence-electron chi connectivity index (χ2n) is 3.83. The Morgan fingerprint density at radius 2 is 2.05 bits per heavy atom. The van der Waals surface area contributed by atoms with Gasteiger partial charge in [-0.25, -0.2) is 8.78 Å². The van der Waals surface area contributed by atoms with Gasteiger partial charge in [0.15, 0.2) is 0 Å². The van der Waals surface area contributed by atoms with Crippen LogP contribution in [-0.2, 0) is 5.75 Å². The summed E-state index contributed by atoms with van der Waals surface area (Å²) < 4.78 is 26.4. The molecule has 0 fully saturated rings. The quantitative estimate of drug-likeness (QED) is 0.514. The summed E-state index contributed by atoms with van der Waals surface area (Å²) >= 11 is 1.18. The molecule has 2 rings (SSSR count). The van der Waals surface area contributed by atoms with E-state index >= 15 is 0 Å². The van der Waals surface area contributed by atoms with Crippen molar-refractivity contribution in [2.24, 2.45) is 5.73 Å². The molecule has 0 unspecified atom stereocenters. The number of nitrogen functional groups attached to an aromatic ring is 1. The summed E-state index contributed by atoms with van der Waals surface area (Å²) in [6.45, 7) is 0. The predicted molar refractivity (Wildman–Crippen MR) is 71.2 cm³/mol. The normalized spacial score (nSPS) is 10.4. The minimum atomic E-state index is -0.469. The molecule has 3 N–H and O–H groups in total. The fraction of sp³-hybridized carbons (Fsp3) is 0.0769. The van der Waals surface area contributed by atoms with Crippen molar-refractivity contribution >= 4 is 17.6 Å². The maximum Gasteiger partial charge on any atom is 0.141 e. The van der Waals surface area contributed by atoms with Gasteiger partial charge < -0.3 is 5.73 Å². The van der Waals surface area contributed by atoms with Crippen LogP contribution in [-0.4, -0.2) is 10.8 Å². The lowest BCUT2D eigenvalue weighted by Gasteiger charge is -2.05. The molecule has 0 bridgehead atoms. The molecular formula is C13H11F2N3S. The van der Waals surface area contributed by atoms with Crippen LogP contribution < -0.4 is 5.73 Å². The van der Waals surface area contributed by atoms with Crippen LogP contribution in [0.3, 0.4) is 0 Å². The summed E-state index contributed by atoms with van der Waals surface area (Å²) in [6.07, 6.45) is 1.54. The van der Waals surface area contributed by atoms with Crippen molar-refractivity contribution in [1.82, 2.24) is 4.98 Å². The van der Waals surface area contributed by atoms with E-state index in [1.807, 2.05) is 0 Å². The smallest absolute Gasteiger partial charge is 0.141 e. The summed E-state index contributed by atoms with van der Waals surface area (Å²) in [4.78, 5) is 4.18. The molecule has 0 amide bonds. The van der Waals surface area contributed by atoms with Gasteiger partial charge in [-0.15, -0.1) is 11.8 Å². The number of aromatic nitrogens is 1. The molecule has 19 heavy (non-hydrogen) atoms. The second-order valence-corrected chi connectivity index (χ2v) is 4.84. The van der Waals surface area contributed by atoms with Gasteiger partial charge in [-0.3, -0.25) is 10.4 Å². The molecule has 0 radical (unpaired) electrons. The first-order valence-corrected chi connectivity index (χ1v) is 6.42. The molecular weight excluding hydrogens is 268 g/mol. The second kappa shape index (κ2) is 5.79. The number of hydrogen-bond acceptors (Lipinski definition) is 3. The third kappa shape index (κ3) is 3.51. The highest BCUT2D eigenvalue weighted by molar-refractivity contribution is 7.98. The molecule has 1 aromatic carbocycles. The van der Waals surface area contributed by atoms with E-state index in [2.05, 4.69) is 4.98 Å². The summed E-state index contributed by atoms with van der Waals surface area (Å²) in [5.74, 6) is -0.595. The van der Waals surface area contributed by atoms with Crippen molar-refractivity contribution in [3.05, 3.63) is 59.4 Å². The minimum absolute atomic E-state index is 0.121. The molecule has 98 valence electrons. The maximum atomic E-state index is 13.4. The highest BCUT2D eigenvalue weighted by atomic mass is 32.2. The number of pyridine rings is 1. The van der Waals surface area contributed by atoms with Gasteiger partial charge in [0.05, 0.1) is 0 Å². The van der Waals surface area contributed by atoms with Crippen LogP contribution in [0.5, 0.6) is 0 Å². The number of benzene rings is 1. The lowest BCUT2D eigenvalue weighted by molar-refractivity contribution is 0.577. The number of nitrogens with two attached hydrogens (primary N) is 1. The molecule has 3 nitrogen and oxygen atoms in total. The van der Waals surface area contributed by atoms with E-state index < -0.39 is 11.6 Å². The lowest BCUT2D eigenvalue weighted by atomic mass is 10.2. The molecule has 2 aromatic rings. The van der Waals surface area contributed by atoms with E-state index in [0.717, 1.165) is 23.8 Å². The Kier molecular flexibility index (Phi) is 4.11. The third-order valence-electron chi connectivity index (χ3n) is 2.39. The van der Waals surface area contributed by atoms with E-state index in [4.69, 9.17) is 11.1 Å². The zero-order chi connectivity index (χ0) is 13.8. The summed E-state index contributed by atoms with van der Waals surface area (Å²) in [6, 6.07) is 6.75. The largest absolute Gasteiger partial charge is 0.382 e. The first kappa shape index (κ1) is 13.5. The molecule has 0 aliphatic heterocycles. The van der Waals surface area contributed by atoms with Gasteiger partial charge in [-0.1, -0.05) is 0 Å². The Balaban J connectivity index is 2.12. The van der Waals surface area contributed by atoms with Crippen molar-refractivity contribution in [2.45, 2.75) is 10.6 Å². The van der Waals surface area contributed by atoms with Crippen molar-refractivity contribution in [2.75, 3.05) is 0 Å². The maximum absolute atomic E-state index is 13.4. The highest BCUT2D eigenvalue weighted by Gasteiger charge is 2.06. The first-order valence-electron chi connectivity index (χ1n) is 5.43. The Hall–Kier alpha value is -1.95. The van der Waals surface area contributed by atoms with Crippen LogP contribution in [0.1, 0.15) is 11.3 Å². The van der Waals surface area contributed by atoms with E-state index in [-0.39, 0.29) is 10.7 Å². The zero-order valence-electron chi connectivity index (χ0n) is 9.86. The molecule has 6 heteroatoms. The standard InChI is InChI=1S/C13H11F2N3S/c14-9-1-2-10(15)12(6-9)19-7-8-3-4-18-11(5-8)13(16)17/h1-6H,7H2,(H3,16,17). The fourth-order valence-corrected chi connectivity index (χ4v) is 2.36. The molecule has 0 saturated carbocycles. The fourth-order valence-electron chi connectivity index (χ4n) is 1.46. The predicted octanol–water partition coefficient (Wildman–Crippen LogP) is 2.94. The van der Waals surface area contributed by atoms with Crippen molar-refractivity contribution in [3.63, 3.8) is 0 Å². The average Bonchev–Trinajstić information content (AvgIpc) is 2.40. The average molecular weight is 279 g/mol. The van der Waals surface area contributed by atoms with Crippen molar-refractivity contribution < 1.29 is 8.78 Å². The Morgan fingerprint density at radius 1 is 1.26 bits per heavy atom. The first-order chi connectivity index (χ1) is 9.06. The van der Waals surface area contributed by atoms with Crippen LogP contribution >= 0.6 is 11.8 Å². The molecule has 0 atom stereocenters. The van der Waals surface area contributed by atoms with Crippen molar-refractivity contribution in [1.29, 1.82) is 5.41 Å². The van der Waals surface area contributed by atoms with E-state index in [1.54, 1.807) is 12.1 Å². The van der Waals surface area contributed by atoms with Crippen LogP contribution in [0, 0.1) is 17.0 Å². The third-order valence-corrected chi connectivity index (χ3v) is 3.49. The Labute approximate surface area is 113 Å². The molecule has 0 aliphatic rings. The molecule has 1 aromatic heterocycles. The van der Waals surface area contributed by atoms with Gasteiger partial charge in [0.25, 0.3) is 0 Å². The van der Waals surface area contributed by atoms with E-state index in [9.17, 15) is 8.78 Å². The summed E-state index contributed by atoms with van der Waals surface area (Å²) in [7, 11) is 0. The van der Waals surface area contributed by atoms with Gasteiger partial charge in [-0.2, -0.15) is 0 Å². The SMILES string of the molecule is N=C(N)c1cc(CSc2cc(F)ccc2F)ccn1. The Morgan fingerprint density at radius 3 is 2.79 bits per heavy atom. The van der Waals surface area contributed by atoms with Crippen LogP contribution in [0.25, 0.3) is 0 Å². The highest BCUT2D eigenvalue weighted by Crippen LogP contribution is 2.26. The van der Waals surface area contributed by atoms with Crippen LogP contribution in [0.15, 0.2) is 41.4 Å². The van der Waals surface area contributed by atoms with Gasteiger partial charge in [0, 0.05) is 16.8 Å². The number of rotatable bonds is 4. The topological polar surface area (TPSA) is 62.8 Å². The molecule has 0 saturated heterocycles. The number of thioether (sulfide) groups is 1. The molecule has 0 spiro atoms. The summed E-state index contributed by atoms with van der Waals surface area (Å²) in [5, 5.41) is 7.29.